The van der Waals surface area contributed by atoms with Crippen molar-refractivity contribution in [2.45, 2.75) is 19.9 Å². The predicted molar refractivity (Wildman–Crippen MR) is 87.0 cm³/mol. The number of rotatable bonds is 3. The summed E-state index contributed by atoms with van der Waals surface area (Å²) >= 11 is 7.48. The van der Waals surface area contributed by atoms with E-state index in [1.807, 2.05) is 6.07 Å². The van der Waals surface area contributed by atoms with E-state index in [9.17, 15) is 4.79 Å². The van der Waals surface area contributed by atoms with Crippen LogP contribution in [0.2, 0.25) is 5.15 Å². The summed E-state index contributed by atoms with van der Waals surface area (Å²) in [6.07, 6.45) is 2.57. The van der Waals surface area contributed by atoms with Gasteiger partial charge in [0.2, 0.25) is 5.91 Å². The van der Waals surface area contributed by atoms with Crippen LogP contribution in [0.5, 0.6) is 5.75 Å². The number of fused-ring (bicyclic) bond motifs is 1. The Morgan fingerprint density at radius 3 is 3.09 bits per heavy atom. The van der Waals surface area contributed by atoms with Crippen molar-refractivity contribution >= 4 is 39.7 Å². The van der Waals surface area contributed by atoms with Gasteiger partial charge in [-0.15, -0.1) is 0 Å². The summed E-state index contributed by atoms with van der Waals surface area (Å²) in [6.45, 7) is 3.06. The molecule has 0 aliphatic carbocycles. The standard InChI is InChI=1S/C14H15ClN4O2S/c1-8(20)17-14-18-10-3-4-19(7-12(10)22-14)9-5-11(21-2)13(15)16-6-9/h5-6H,3-4,7H2,1-2H3,(H,17,18,20). The molecule has 3 rings (SSSR count). The minimum absolute atomic E-state index is 0.102. The summed E-state index contributed by atoms with van der Waals surface area (Å²) in [5.74, 6) is 0.461. The number of carbonyl (C=O) groups is 1. The molecule has 1 N–H and O–H groups in total. The number of hydrogen-bond donors (Lipinski definition) is 1. The normalized spacial score (nSPS) is 13.7. The van der Waals surface area contributed by atoms with Gasteiger partial charge in [0.05, 0.1) is 31.2 Å². The van der Waals surface area contributed by atoms with Crippen molar-refractivity contribution in [3.8, 4) is 5.75 Å². The number of halogens is 1. The maximum Gasteiger partial charge on any atom is 0.223 e. The maximum absolute atomic E-state index is 11.1. The molecule has 0 unspecified atom stereocenters. The molecule has 1 aliphatic heterocycles. The van der Waals surface area contributed by atoms with Gasteiger partial charge in [-0.3, -0.25) is 4.79 Å². The highest BCUT2D eigenvalue weighted by molar-refractivity contribution is 7.15. The van der Waals surface area contributed by atoms with Gasteiger partial charge in [0, 0.05) is 30.8 Å². The second-order valence-corrected chi connectivity index (χ2v) is 6.37. The number of ether oxygens (including phenoxy) is 1. The Morgan fingerprint density at radius 2 is 2.36 bits per heavy atom. The van der Waals surface area contributed by atoms with Crippen LogP contribution in [0.25, 0.3) is 0 Å². The average Bonchev–Trinajstić information content (AvgIpc) is 2.88. The third kappa shape index (κ3) is 3.00. The molecule has 3 heterocycles. The first-order chi connectivity index (χ1) is 10.6. The molecule has 0 bridgehead atoms. The molecule has 1 aliphatic rings. The average molecular weight is 339 g/mol. The minimum Gasteiger partial charge on any atom is -0.493 e. The number of carbonyl (C=O) groups excluding carboxylic acids is 1. The molecule has 0 spiro atoms. The lowest BCUT2D eigenvalue weighted by Gasteiger charge is -2.28. The molecule has 2 aromatic heterocycles. The number of hydrogen-bond acceptors (Lipinski definition) is 6. The fourth-order valence-electron chi connectivity index (χ4n) is 2.35. The number of amides is 1. The van der Waals surface area contributed by atoms with Crippen molar-refractivity contribution in [1.29, 1.82) is 0 Å². The number of methoxy groups -OCH3 is 1. The third-order valence-electron chi connectivity index (χ3n) is 3.39. The van der Waals surface area contributed by atoms with Crippen LogP contribution in [-0.2, 0) is 17.8 Å². The molecule has 1 amide bonds. The monoisotopic (exact) mass is 338 g/mol. The fraction of sp³-hybridized carbons (Fsp3) is 0.357. The Morgan fingerprint density at radius 1 is 1.55 bits per heavy atom. The van der Waals surface area contributed by atoms with Gasteiger partial charge in [-0.2, -0.15) is 0 Å². The Labute approximate surface area is 137 Å². The number of anilines is 2. The van der Waals surface area contributed by atoms with E-state index in [0.29, 0.717) is 16.0 Å². The van der Waals surface area contributed by atoms with Gasteiger partial charge in [-0.05, 0) is 0 Å². The zero-order chi connectivity index (χ0) is 15.7. The van der Waals surface area contributed by atoms with Crippen LogP contribution in [-0.4, -0.2) is 29.5 Å². The molecular weight excluding hydrogens is 324 g/mol. The maximum atomic E-state index is 11.1. The quantitative estimate of drug-likeness (QED) is 0.871. The highest BCUT2D eigenvalue weighted by atomic mass is 35.5. The molecule has 0 fully saturated rings. The Hall–Kier alpha value is -1.86. The zero-order valence-electron chi connectivity index (χ0n) is 12.2. The summed E-state index contributed by atoms with van der Waals surface area (Å²) in [5, 5.41) is 3.76. The van der Waals surface area contributed by atoms with Gasteiger partial charge < -0.3 is 15.0 Å². The van der Waals surface area contributed by atoms with E-state index >= 15 is 0 Å². The molecule has 0 saturated heterocycles. The van der Waals surface area contributed by atoms with Crippen LogP contribution in [0, 0.1) is 0 Å². The number of aromatic nitrogens is 2. The number of nitrogens with one attached hydrogen (secondary N) is 1. The van der Waals surface area contributed by atoms with Crippen LogP contribution < -0.4 is 15.0 Å². The topological polar surface area (TPSA) is 67.3 Å². The fourth-order valence-corrected chi connectivity index (χ4v) is 3.60. The van der Waals surface area contributed by atoms with Gasteiger partial charge in [0.25, 0.3) is 0 Å². The third-order valence-corrected chi connectivity index (χ3v) is 4.67. The molecule has 0 saturated carbocycles. The highest BCUT2D eigenvalue weighted by Crippen LogP contribution is 2.33. The largest absolute Gasteiger partial charge is 0.493 e. The number of nitrogens with zero attached hydrogens (tertiary/aromatic N) is 3. The van der Waals surface area contributed by atoms with E-state index in [1.54, 1.807) is 13.3 Å². The lowest BCUT2D eigenvalue weighted by molar-refractivity contribution is -0.114. The molecule has 6 nitrogen and oxygen atoms in total. The van der Waals surface area contributed by atoms with E-state index in [2.05, 4.69) is 20.2 Å². The van der Waals surface area contributed by atoms with Crippen LogP contribution in [0.1, 0.15) is 17.5 Å². The van der Waals surface area contributed by atoms with Gasteiger partial charge in [0.15, 0.2) is 16.0 Å². The van der Waals surface area contributed by atoms with Crippen molar-refractivity contribution in [3.63, 3.8) is 0 Å². The first-order valence-electron chi connectivity index (χ1n) is 6.77. The molecule has 8 heteroatoms. The summed E-state index contributed by atoms with van der Waals surface area (Å²) < 4.78 is 5.22. The van der Waals surface area contributed by atoms with E-state index in [1.165, 1.54) is 18.3 Å². The Balaban J connectivity index is 1.81. The highest BCUT2D eigenvalue weighted by Gasteiger charge is 2.22. The molecule has 0 atom stereocenters. The summed E-state index contributed by atoms with van der Waals surface area (Å²) in [7, 11) is 1.57. The summed E-state index contributed by atoms with van der Waals surface area (Å²) in [4.78, 5) is 23.1. The van der Waals surface area contributed by atoms with Crippen molar-refractivity contribution in [1.82, 2.24) is 9.97 Å². The second-order valence-electron chi connectivity index (χ2n) is 4.93. The van der Waals surface area contributed by atoms with Crippen LogP contribution in [0.4, 0.5) is 10.8 Å². The van der Waals surface area contributed by atoms with Gasteiger partial charge >= 0.3 is 0 Å². The molecule has 0 radical (unpaired) electrons. The van der Waals surface area contributed by atoms with Crippen LogP contribution in [0.15, 0.2) is 12.3 Å². The molecular formula is C14H15ClN4O2S. The van der Waals surface area contributed by atoms with Crippen molar-refractivity contribution in [2.75, 3.05) is 23.9 Å². The number of pyridine rings is 1. The van der Waals surface area contributed by atoms with E-state index < -0.39 is 0 Å². The van der Waals surface area contributed by atoms with Crippen LogP contribution in [0.3, 0.4) is 0 Å². The molecule has 0 aromatic carbocycles. The van der Waals surface area contributed by atoms with E-state index in [-0.39, 0.29) is 5.91 Å². The van der Waals surface area contributed by atoms with Gasteiger partial charge in [-0.25, -0.2) is 9.97 Å². The first kappa shape index (κ1) is 15.1. The Kier molecular flexibility index (Phi) is 4.17. The predicted octanol–water partition coefficient (Wildman–Crippen LogP) is 2.72. The van der Waals surface area contributed by atoms with Crippen molar-refractivity contribution < 1.29 is 9.53 Å². The van der Waals surface area contributed by atoms with E-state index in [0.717, 1.165) is 35.8 Å². The summed E-state index contributed by atoms with van der Waals surface area (Å²) in [6, 6.07) is 1.89. The van der Waals surface area contributed by atoms with Gasteiger partial charge in [0.1, 0.15) is 0 Å². The Bertz CT molecular complexity index is 719. The SMILES string of the molecule is COc1cc(N2CCc3nc(NC(C)=O)sc3C2)cnc1Cl. The van der Waals surface area contributed by atoms with E-state index in [4.69, 9.17) is 16.3 Å². The second kappa shape index (κ2) is 6.10. The summed E-state index contributed by atoms with van der Waals surface area (Å²) in [5.41, 5.74) is 2.01. The first-order valence-corrected chi connectivity index (χ1v) is 7.97. The molecule has 22 heavy (non-hydrogen) atoms. The van der Waals surface area contributed by atoms with Crippen molar-refractivity contribution in [3.05, 3.63) is 28.0 Å². The van der Waals surface area contributed by atoms with Gasteiger partial charge in [-0.1, -0.05) is 22.9 Å². The number of thiazole rings is 1. The molecule has 2 aromatic rings. The lowest BCUT2D eigenvalue weighted by Crippen LogP contribution is -2.29. The minimum atomic E-state index is -0.102. The molecule has 116 valence electrons. The lowest BCUT2D eigenvalue weighted by atomic mass is 10.1. The zero-order valence-corrected chi connectivity index (χ0v) is 13.8. The van der Waals surface area contributed by atoms with Crippen molar-refractivity contribution in [2.24, 2.45) is 0 Å². The van der Waals surface area contributed by atoms with Crippen LogP contribution >= 0.6 is 22.9 Å². The smallest absolute Gasteiger partial charge is 0.223 e.